The van der Waals surface area contributed by atoms with Crippen LogP contribution < -0.4 is 5.32 Å². The fraction of sp³-hybridized carbons (Fsp3) is 0.333. The van der Waals surface area contributed by atoms with Crippen LogP contribution in [0.1, 0.15) is 16.7 Å². The van der Waals surface area contributed by atoms with Crippen LogP contribution in [0, 0.1) is 24.0 Å². The molecule has 0 fully saturated rings. The molecule has 0 radical (unpaired) electrons. The Morgan fingerprint density at radius 1 is 1.39 bits per heavy atom. The van der Waals surface area contributed by atoms with Crippen LogP contribution in [0.5, 0.6) is 0 Å². The van der Waals surface area contributed by atoms with E-state index >= 15 is 0 Å². The molecule has 0 bridgehead atoms. The Morgan fingerprint density at radius 2 is 2.09 bits per heavy atom. The summed E-state index contributed by atoms with van der Waals surface area (Å²) >= 11 is 0. The zero-order valence-electron chi connectivity index (χ0n) is 13.5. The third kappa shape index (κ3) is 3.85. The third-order valence-corrected chi connectivity index (χ3v) is 3.51. The number of carbonyl (C=O) groups is 1. The maximum Gasteiger partial charge on any atom is 0.321 e. The molecule has 8 heteroatoms. The molecule has 1 heterocycles. The Hall–Kier alpha value is -2.90. The maximum absolute atomic E-state index is 12.3. The fourth-order valence-electron chi connectivity index (χ4n) is 2.28. The van der Waals surface area contributed by atoms with Gasteiger partial charge in [-0.1, -0.05) is 0 Å². The average Bonchev–Trinajstić information content (AvgIpc) is 2.86. The van der Waals surface area contributed by atoms with Gasteiger partial charge in [-0.05, 0) is 25.5 Å². The van der Waals surface area contributed by atoms with Gasteiger partial charge >= 0.3 is 6.03 Å². The van der Waals surface area contributed by atoms with E-state index in [9.17, 15) is 14.9 Å². The quantitative estimate of drug-likeness (QED) is 0.693. The molecular weight excluding hydrogens is 298 g/mol. The highest BCUT2D eigenvalue weighted by molar-refractivity contribution is 5.90. The van der Waals surface area contributed by atoms with Gasteiger partial charge in [-0.15, -0.1) is 0 Å². The van der Waals surface area contributed by atoms with Crippen molar-refractivity contribution >= 4 is 17.4 Å². The number of aromatic nitrogens is 2. The Morgan fingerprint density at radius 3 is 2.65 bits per heavy atom. The number of nitrogens with one attached hydrogen (secondary N) is 1. The molecule has 0 saturated carbocycles. The van der Waals surface area contributed by atoms with E-state index in [1.165, 1.54) is 11.0 Å². The number of carbonyl (C=O) groups excluding carboxylic acids is 1. The second kappa shape index (κ2) is 6.47. The topological polar surface area (TPSA) is 93.3 Å². The summed E-state index contributed by atoms with van der Waals surface area (Å²) in [6.45, 7) is 3.87. The Labute approximate surface area is 133 Å². The number of nitro benzene ring substituents is 1. The highest BCUT2D eigenvalue weighted by Gasteiger charge is 2.17. The second-order valence-electron chi connectivity index (χ2n) is 5.52. The molecule has 0 atom stereocenters. The Balaban J connectivity index is 2.13. The Kier molecular flexibility index (Phi) is 4.63. The number of hydrogen-bond acceptors (Lipinski definition) is 4. The first-order valence-electron chi connectivity index (χ1n) is 7.03. The highest BCUT2D eigenvalue weighted by atomic mass is 16.6. The van der Waals surface area contributed by atoms with Crippen molar-refractivity contribution in [2.75, 3.05) is 12.4 Å². The van der Waals surface area contributed by atoms with Crippen LogP contribution in [-0.2, 0) is 13.6 Å². The van der Waals surface area contributed by atoms with Gasteiger partial charge in [0.05, 0.1) is 23.4 Å². The van der Waals surface area contributed by atoms with Crippen LogP contribution in [0.25, 0.3) is 0 Å². The normalized spacial score (nSPS) is 10.4. The van der Waals surface area contributed by atoms with E-state index in [0.717, 1.165) is 11.1 Å². The number of anilines is 1. The average molecular weight is 317 g/mol. The molecule has 0 aliphatic heterocycles. The lowest BCUT2D eigenvalue weighted by molar-refractivity contribution is -0.385. The van der Waals surface area contributed by atoms with Crippen LogP contribution in [0.15, 0.2) is 24.5 Å². The van der Waals surface area contributed by atoms with Crippen molar-refractivity contribution in [2.24, 2.45) is 7.05 Å². The van der Waals surface area contributed by atoms with Crippen molar-refractivity contribution in [1.82, 2.24) is 14.7 Å². The molecule has 0 saturated heterocycles. The van der Waals surface area contributed by atoms with Crippen LogP contribution in [-0.4, -0.2) is 32.7 Å². The van der Waals surface area contributed by atoms with Crippen molar-refractivity contribution < 1.29 is 9.72 Å². The van der Waals surface area contributed by atoms with Gasteiger partial charge in [-0.2, -0.15) is 5.10 Å². The molecule has 122 valence electrons. The minimum atomic E-state index is -0.455. The predicted molar refractivity (Wildman–Crippen MR) is 86.3 cm³/mol. The van der Waals surface area contributed by atoms with Crippen molar-refractivity contribution in [3.63, 3.8) is 0 Å². The number of benzene rings is 1. The number of amides is 2. The van der Waals surface area contributed by atoms with Crippen LogP contribution >= 0.6 is 0 Å². The summed E-state index contributed by atoms with van der Waals surface area (Å²) in [5.41, 5.74) is 2.66. The van der Waals surface area contributed by atoms with E-state index in [4.69, 9.17) is 0 Å². The van der Waals surface area contributed by atoms with Gasteiger partial charge in [0.2, 0.25) is 0 Å². The molecule has 8 nitrogen and oxygen atoms in total. The molecular formula is C15H19N5O3. The lowest BCUT2D eigenvalue weighted by Crippen LogP contribution is -2.31. The third-order valence-electron chi connectivity index (χ3n) is 3.51. The first-order chi connectivity index (χ1) is 10.8. The molecule has 1 aromatic carbocycles. The van der Waals surface area contributed by atoms with E-state index in [0.29, 0.717) is 17.8 Å². The molecule has 2 amide bonds. The number of rotatable bonds is 4. The van der Waals surface area contributed by atoms with E-state index in [-0.39, 0.29) is 11.7 Å². The number of aryl methyl sites for hydroxylation is 3. The first kappa shape index (κ1) is 16.5. The molecule has 2 aromatic rings. The monoisotopic (exact) mass is 317 g/mol. The van der Waals surface area contributed by atoms with E-state index in [2.05, 4.69) is 10.4 Å². The summed E-state index contributed by atoms with van der Waals surface area (Å²) in [5, 5.41) is 17.8. The molecule has 1 aromatic heterocycles. The van der Waals surface area contributed by atoms with Gasteiger partial charge < -0.3 is 10.2 Å². The lowest BCUT2D eigenvalue weighted by Gasteiger charge is -2.18. The molecule has 0 unspecified atom stereocenters. The number of hydrogen-bond donors (Lipinski definition) is 1. The largest absolute Gasteiger partial charge is 0.323 e. The van der Waals surface area contributed by atoms with E-state index in [1.54, 1.807) is 44.9 Å². The van der Waals surface area contributed by atoms with Gasteiger partial charge in [0.15, 0.2) is 0 Å². The van der Waals surface area contributed by atoms with Gasteiger partial charge in [-0.3, -0.25) is 14.8 Å². The lowest BCUT2D eigenvalue weighted by atomic mass is 10.1. The maximum atomic E-state index is 12.3. The molecule has 0 aliphatic carbocycles. The summed E-state index contributed by atoms with van der Waals surface area (Å²) in [6.07, 6.45) is 3.51. The van der Waals surface area contributed by atoms with Crippen molar-refractivity contribution in [3.05, 3.63) is 51.3 Å². The van der Waals surface area contributed by atoms with E-state index < -0.39 is 4.92 Å². The van der Waals surface area contributed by atoms with Crippen molar-refractivity contribution in [3.8, 4) is 0 Å². The van der Waals surface area contributed by atoms with Crippen molar-refractivity contribution in [1.29, 1.82) is 0 Å². The minimum Gasteiger partial charge on any atom is -0.323 e. The summed E-state index contributed by atoms with van der Waals surface area (Å²) in [5.74, 6) is 0. The summed E-state index contributed by atoms with van der Waals surface area (Å²) in [4.78, 5) is 24.3. The highest BCUT2D eigenvalue weighted by Crippen LogP contribution is 2.26. The van der Waals surface area contributed by atoms with Crippen LogP contribution in [0.3, 0.4) is 0 Å². The van der Waals surface area contributed by atoms with E-state index in [1.807, 2.05) is 6.20 Å². The number of nitro groups is 1. The van der Waals surface area contributed by atoms with Crippen LogP contribution in [0.4, 0.5) is 16.2 Å². The minimum absolute atomic E-state index is 0.0131. The molecule has 2 rings (SSSR count). The summed E-state index contributed by atoms with van der Waals surface area (Å²) in [7, 11) is 3.46. The summed E-state index contributed by atoms with van der Waals surface area (Å²) in [6, 6.07) is 2.74. The SMILES string of the molecule is Cc1cc(C)c([N+](=O)[O-])cc1NC(=O)N(C)Cc1cnn(C)c1. The van der Waals surface area contributed by atoms with Gasteiger partial charge in [-0.25, -0.2) is 4.79 Å². The zero-order chi connectivity index (χ0) is 17.1. The zero-order valence-corrected chi connectivity index (χ0v) is 13.5. The standard InChI is InChI=1S/C15H19N5O3/c1-10-5-11(2)14(20(22)23)6-13(10)17-15(21)18(3)8-12-7-16-19(4)9-12/h5-7,9H,8H2,1-4H3,(H,17,21). The molecule has 0 aliphatic rings. The smallest absolute Gasteiger partial charge is 0.321 e. The second-order valence-corrected chi connectivity index (χ2v) is 5.52. The summed E-state index contributed by atoms with van der Waals surface area (Å²) < 4.78 is 1.66. The Bertz CT molecular complexity index is 754. The van der Waals surface area contributed by atoms with Gasteiger partial charge in [0.1, 0.15) is 0 Å². The number of nitrogens with zero attached hydrogens (tertiary/aromatic N) is 4. The first-order valence-corrected chi connectivity index (χ1v) is 7.03. The fourth-order valence-corrected chi connectivity index (χ4v) is 2.28. The molecule has 0 spiro atoms. The number of urea groups is 1. The van der Waals surface area contributed by atoms with Crippen molar-refractivity contribution in [2.45, 2.75) is 20.4 Å². The molecule has 1 N–H and O–H groups in total. The van der Waals surface area contributed by atoms with Crippen LogP contribution in [0.2, 0.25) is 0 Å². The van der Waals surface area contributed by atoms with Gasteiger partial charge in [0.25, 0.3) is 5.69 Å². The predicted octanol–water partition coefficient (Wildman–Crippen LogP) is 2.61. The molecule has 23 heavy (non-hydrogen) atoms. The van der Waals surface area contributed by atoms with Gasteiger partial charge in [0, 0.05) is 37.5 Å².